The predicted octanol–water partition coefficient (Wildman–Crippen LogP) is 0.320. The highest BCUT2D eigenvalue weighted by Crippen LogP contribution is 2.20. The van der Waals surface area contributed by atoms with Crippen molar-refractivity contribution < 1.29 is 10.3 Å². The number of hydrazone groups is 1. The van der Waals surface area contributed by atoms with E-state index in [1.807, 2.05) is 13.0 Å². The van der Waals surface area contributed by atoms with Gasteiger partial charge in [-0.2, -0.15) is 5.10 Å². The molecule has 7 nitrogen and oxygen atoms in total. The van der Waals surface area contributed by atoms with Crippen molar-refractivity contribution in [2.24, 2.45) is 11.0 Å². The molecule has 1 aromatic carbocycles. The first-order chi connectivity index (χ1) is 8.65. The number of hydrogen-bond donors (Lipinski definition) is 3. The minimum Gasteiger partial charge on any atom is -0.410 e. The Labute approximate surface area is 103 Å². The SMILES string of the molecule is CC1CC(O)NN=C1c1ccc2nnn(O)c2c1. The van der Waals surface area contributed by atoms with Crippen LogP contribution in [0.15, 0.2) is 23.3 Å². The molecule has 94 valence electrons. The largest absolute Gasteiger partial charge is 0.410 e. The Morgan fingerprint density at radius 1 is 1.44 bits per heavy atom. The van der Waals surface area contributed by atoms with Crippen molar-refractivity contribution in [1.29, 1.82) is 0 Å². The zero-order valence-corrected chi connectivity index (χ0v) is 9.78. The van der Waals surface area contributed by atoms with Crippen molar-refractivity contribution in [3.63, 3.8) is 0 Å². The van der Waals surface area contributed by atoms with Crippen LogP contribution in [0.5, 0.6) is 0 Å². The van der Waals surface area contributed by atoms with E-state index in [0.717, 1.165) is 16.1 Å². The van der Waals surface area contributed by atoms with Crippen LogP contribution in [0.4, 0.5) is 0 Å². The first-order valence-electron chi connectivity index (χ1n) is 5.71. The van der Waals surface area contributed by atoms with Gasteiger partial charge < -0.3 is 10.3 Å². The van der Waals surface area contributed by atoms with Crippen LogP contribution in [0.3, 0.4) is 0 Å². The van der Waals surface area contributed by atoms with Crippen LogP contribution >= 0.6 is 0 Å². The molecule has 0 fully saturated rings. The van der Waals surface area contributed by atoms with E-state index in [9.17, 15) is 10.3 Å². The fraction of sp³-hybridized carbons (Fsp3) is 0.364. The molecule has 0 saturated carbocycles. The number of aromatic nitrogens is 3. The fourth-order valence-corrected chi connectivity index (χ4v) is 2.17. The van der Waals surface area contributed by atoms with E-state index in [1.165, 1.54) is 0 Å². The van der Waals surface area contributed by atoms with Gasteiger partial charge in [0.05, 0.1) is 5.71 Å². The molecular weight excluding hydrogens is 234 g/mol. The van der Waals surface area contributed by atoms with Gasteiger partial charge in [-0.3, -0.25) is 5.43 Å². The molecule has 18 heavy (non-hydrogen) atoms. The molecule has 0 saturated heterocycles. The molecule has 0 radical (unpaired) electrons. The quantitative estimate of drug-likeness (QED) is 0.631. The minimum absolute atomic E-state index is 0.140. The summed E-state index contributed by atoms with van der Waals surface area (Å²) in [4.78, 5) is 0.745. The molecule has 0 aliphatic carbocycles. The number of nitrogens with zero attached hydrogens (tertiary/aromatic N) is 4. The topological polar surface area (TPSA) is 95.6 Å². The second-order valence-electron chi connectivity index (χ2n) is 4.46. The maximum absolute atomic E-state index is 9.49. The molecule has 1 aliphatic heterocycles. The summed E-state index contributed by atoms with van der Waals surface area (Å²) in [5, 5.41) is 30.4. The Balaban J connectivity index is 2.06. The maximum atomic E-state index is 9.49. The molecule has 0 amide bonds. The lowest BCUT2D eigenvalue weighted by Gasteiger charge is -2.24. The highest BCUT2D eigenvalue weighted by atomic mass is 16.5. The Hall–Kier alpha value is -2.15. The highest BCUT2D eigenvalue weighted by Gasteiger charge is 2.22. The van der Waals surface area contributed by atoms with Crippen LogP contribution in [-0.2, 0) is 0 Å². The molecule has 3 N–H and O–H groups in total. The summed E-state index contributed by atoms with van der Waals surface area (Å²) in [7, 11) is 0. The molecule has 2 heterocycles. The monoisotopic (exact) mass is 247 g/mol. The number of nitrogens with one attached hydrogen (secondary N) is 1. The summed E-state index contributed by atoms with van der Waals surface area (Å²) in [6.07, 6.45) is 0.00515. The van der Waals surface area contributed by atoms with Gasteiger partial charge in [-0.25, -0.2) is 0 Å². The van der Waals surface area contributed by atoms with E-state index < -0.39 is 6.23 Å². The molecular formula is C11H13N5O2. The van der Waals surface area contributed by atoms with E-state index >= 15 is 0 Å². The van der Waals surface area contributed by atoms with Gasteiger partial charge in [0.1, 0.15) is 17.3 Å². The molecule has 1 aliphatic rings. The van der Waals surface area contributed by atoms with Crippen LogP contribution in [0, 0.1) is 5.92 Å². The number of fused-ring (bicyclic) bond motifs is 1. The van der Waals surface area contributed by atoms with Crippen molar-refractivity contribution in [1.82, 2.24) is 20.6 Å². The molecule has 2 aromatic rings. The van der Waals surface area contributed by atoms with Gasteiger partial charge >= 0.3 is 0 Å². The normalized spacial score (nSPS) is 23.8. The van der Waals surface area contributed by atoms with E-state index in [4.69, 9.17) is 0 Å². The summed E-state index contributed by atoms with van der Waals surface area (Å²) in [5.41, 5.74) is 5.55. The zero-order valence-electron chi connectivity index (χ0n) is 9.78. The fourth-order valence-electron chi connectivity index (χ4n) is 2.17. The summed E-state index contributed by atoms with van der Waals surface area (Å²) in [6, 6.07) is 5.44. The number of aliphatic hydroxyl groups excluding tert-OH is 1. The van der Waals surface area contributed by atoms with E-state index in [0.29, 0.717) is 17.5 Å². The number of benzene rings is 1. The first-order valence-corrected chi connectivity index (χ1v) is 5.71. The zero-order chi connectivity index (χ0) is 12.7. The third-order valence-electron chi connectivity index (χ3n) is 3.10. The van der Waals surface area contributed by atoms with Gasteiger partial charge in [0.25, 0.3) is 0 Å². The first kappa shape index (κ1) is 11.0. The Bertz CT molecular complexity index is 621. The molecule has 0 spiro atoms. The van der Waals surface area contributed by atoms with Gasteiger partial charge in [0.2, 0.25) is 0 Å². The average molecular weight is 247 g/mol. The second kappa shape index (κ2) is 3.95. The van der Waals surface area contributed by atoms with Crippen LogP contribution in [0.25, 0.3) is 11.0 Å². The Kier molecular flexibility index (Phi) is 2.41. The van der Waals surface area contributed by atoms with Crippen molar-refractivity contribution in [3.8, 4) is 0 Å². The van der Waals surface area contributed by atoms with Gasteiger partial charge in [0.15, 0.2) is 0 Å². The summed E-state index contributed by atoms with van der Waals surface area (Å²) in [6.45, 7) is 2.00. The third-order valence-corrected chi connectivity index (χ3v) is 3.10. The van der Waals surface area contributed by atoms with Crippen LogP contribution in [0.1, 0.15) is 18.9 Å². The summed E-state index contributed by atoms with van der Waals surface area (Å²) < 4.78 is 0. The molecule has 2 unspecified atom stereocenters. The standard InChI is InChI=1S/C11H13N5O2/c1-6-4-10(17)13-14-11(6)7-2-3-8-9(5-7)16(18)15-12-8/h2-3,5-6,10,13,17-18H,4H2,1H3. The number of hydrogen-bond acceptors (Lipinski definition) is 6. The lowest BCUT2D eigenvalue weighted by molar-refractivity contribution is 0.114. The highest BCUT2D eigenvalue weighted by molar-refractivity contribution is 6.04. The van der Waals surface area contributed by atoms with Gasteiger partial charge in [-0.1, -0.05) is 17.8 Å². The summed E-state index contributed by atoms with van der Waals surface area (Å²) >= 11 is 0. The average Bonchev–Trinajstić information content (AvgIpc) is 2.71. The van der Waals surface area contributed by atoms with Gasteiger partial charge in [-0.05, 0) is 17.3 Å². The van der Waals surface area contributed by atoms with Gasteiger partial charge in [-0.15, -0.1) is 5.10 Å². The number of aliphatic hydroxyl groups is 1. The smallest absolute Gasteiger partial charge is 0.140 e. The molecule has 3 rings (SSSR count). The predicted molar refractivity (Wildman–Crippen MR) is 64.2 cm³/mol. The van der Waals surface area contributed by atoms with Crippen molar-refractivity contribution in [3.05, 3.63) is 23.8 Å². The van der Waals surface area contributed by atoms with Crippen LogP contribution < -0.4 is 5.43 Å². The molecule has 2 atom stereocenters. The van der Waals surface area contributed by atoms with Crippen molar-refractivity contribution in [2.75, 3.05) is 0 Å². The minimum atomic E-state index is -0.600. The lowest BCUT2D eigenvalue weighted by atomic mass is 9.93. The summed E-state index contributed by atoms with van der Waals surface area (Å²) in [5.74, 6) is 0.140. The molecule has 0 bridgehead atoms. The Morgan fingerprint density at radius 3 is 3.06 bits per heavy atom. The van der Waals surface area contributed by atoms with Crippen LogP contribution in [0.2, 0.25) is 0 Å². The third kappa shape index (κ3) is 1.68. The number of rotatable bonds is 1. The van der Waals surface area contributed by atoms with E-state index in [1.54, 1.807) is 12.1 Å². The van der Waals surface area contributed by atoms with Crippen LogP contribution in [-0.4, -0.2) is 37.4 Å². The lowest BCUT2D eigenvalue weighted by Crippen LogP contribution is -2.35. The van der Waals surface area contributed by atoms with Crippen molar-refractivity contribution >= 4 is 16.7 Å². The van der Waals surface area contributed by atoms with E-state index in [-0.39, 0.29) is 5.92 Å². The van der Waals surface area contributed by atoms with E-state index in [2.05, 4.69) is 20.8 Å². The van der Waals surface area contributed by atoms with Gasteiger partial charge in [0, 0.05) is 17.9 Å². The second-order valence-corrected chi connectivity index (χ2v) is 4.46. The Morgan fingerprint density at radius 2 is 2.28 bits per heavy atom. The molecule has 1 aromatic heterocycles. The van der Waals surface area contributed by atoms with Crippen molar-refractivity contribution in [2.45, 2.75) is 19.6 Å². The maximum Gasteiger partial charge on any atom is 0.140 e. The molecule has 7 heteroatoms.